The summed E-state index contributed by atoms with van der Waals surface area (Å²) in [6.45, 7) is 3.90. The lowest BCUT2D eigenvalue weighted by molar-refractivity contribution is 0.596. The second kappa shape index (κ2) is 5.46. The summed E-state index contributed by atoms with van der Waals surface area (Å²) in [5, 5.41) is 0. The third-order valence-corrected chi connectivity index (χ3v) is 6.46. The van der Waals surface area contributed by atoms with Crippen molar-refractivity contribution >= 4 is 32.7 Å². The number of hydrogen-bond acceptors (Lipinski definition) is 4. The maximum absolute atomic E-state index is 12.5. The van der Waals surface area contributed by atoms with Gasteiger partial charge in [-0.15, -0.1) is 11.3 Å². The van der Waals surface area contributed by atoms with Gasteiger partial charge in [-0.25, -0.2) is 8.42 Å². The van der Waals surface area contributed by atoms with Gasteiger partial charge in [-0.2, -0.15) is 0 Å². The van der Waals surface area contributed by atoms with Gasteiger partial charge in [-0.05, 0) is 43.2 Å². The summed E-state index contributed by atoms with van der Waals surface area (Å²) in [6.07, 6.45) is 0.826. The Balaban J connectivity index is 2.40. The molecule has 0 unspecified atom stereocenters. The number of thiophene rings is 1. The molecule has 0 spiro atoms. The lowest BCUT2D eigenvalue weighted by Crippen LogP contribution is -2.25. The van der Waals surface area contributed by atoms with Gasteiger partial charge < -0.3 is 5.73 Å². The molecule has 1 heterocycles. The fourth-order valence-electron chi connectivity index (χ4n) is 1.92. The van der Waals surface area contributed by atoms with Gasteiger partial charge in [0, 0.05) is 17.6 Å². The van der Waals surface area contributed by atoms with Crippen LogP contribution >= 0.6 is 11.3 Å². The van der Waals surface area contributed by atoms with E-state index >= 15 is 0 Å². The summed E-state index contributed by atoms with van der Waals surface area (Å²) in [5.74, 6) is 0. The first-order valence-corrected chi connectivity index (χ1v) is 8.55. The van der Waals surface area contributed by atoms with Crippen LogP contribution in [0.5, 0.6) is 0 Å². The third kappa shape index (κ3) is 2.66. The van der Waals surface area contributed by atoms with E-state index in [1.165, 1.54) is 15.6 Å². The van der Waals surface area contributed by atoms with Crippen molar-refractivity contribution in [1.29, 1.82) is 0 Å². The SMILES string of the molecule is CCc1ccc(N(C)S(=O)(=O)c2ccc(C)s2)cc1N. The summed E-state index contributed by atoms with van der Waals surface area (Å²) in [6, 6.07) is 8.80. The van der Waals surface area contributed by atoms with Crippen molar-refractivity contribution in [3.8, 4) is 0 Å². The first-order valence-electron chi connectivity index (χ1n) is 6.30. The summed E-state index contributed by atoms with van der Waals surface area (Å²) < 4.78 is 26.6. The average molecular weight is 310 g/mol. The van der Waals surface area contributed by atoms with Gasteiger partial charge in [0.05, 0.1) is 5.69 Å². The predicted octanol–water partition coefficient (Wildman–Crippen LogP) is 3.03. The maximum Gasteiger partial charge on any atom is 0.273 e. The summed E-state index contributed by atoms with van der Waals surface area (Å²) in [7, 11) is -1.96. The van der Waals surface area contributed by atoms with Gasteiger partial charge in [0.25, 0.3) is 10.0 Å². The number of aryl methyl sites for hydroxylation is 2. The molecule has 108 valence electrons. The Bertz CT molecular complexity index is 721. The van der Waals surface area contributed by atoms with Crippen molar-refractivity contribution in [2.75, 3.05) is 17.1 Å². The van der Waals surface area contributed by atoms with Crippen LogP contribution in [-0.2, 0) is 16.4 Å². The van der Waals surface area contributed by atoms with Crippen LogP contribution in [0.4, 0.5) is 11.4 Å². The van der Waals surface area contributed by atoms with E-state index in [9.17, 15) is 8.42 Å². The topological polar surface area (TPSA) is 63.4 Å². The Kier molecular flexibility index (Phi) is 4.06. The minimum Gasteiger partial charge on any atom is -0.398 e. The highest BCUT2D eigenvalue weighted by molar-refractivity contribution is 7.94. The van der Waals surface area contributed by atoms with Gasteiger partial charge in [0.15, 0.2) is 0 Å². The smallest absolute Gasteiger partial charge is 0.273 e. The predicted molar refractivity (Wildman–Crippen MR) is 84.9 cm³/mol. The molecule has 0 saturated carbocycles. The van der Waals surface area contributed by atoms with E-state index in [2.05, 4.69) is 0 Å². The molecule has 2 aromatic rings. The minimum atomic E-state index is -3.51. The molecule has 0 fully saturated rings. The highest BCUT2D eigenvalue weighted by atomic mass is 32.2. The quantitative estimate of drug-likeness (QED) is 0.883. The molecule has 1 aromatic carbocycles. The Hall–Kier alpha value is -1.53. The van der Waals surface area contributed by atoms with Crippen molar-refractivity contribution in [3.63, 3.8) is 0 Å². The Morgan fingerprint density at radius 3 is 2.45 bits per heavy atom. The van der Waals surface area contributed by atoms with Crippen molar-refractivity contribution in [2.24, 2.45) is 0 Å². The molecule has 0 radical (unpaired) electrons. The van der Waals surface area contributed by atoms with Crippen molar-refractivity contribution in [1.82, 2.24) is 0 Å². The molecule has 0 saturated heterocycles. The molecule has 1 aromatic heterocycles. The first kappa shape index (κ1) is 14.9. The van der Waals surface area contributed by atoms with Gasteiger partial charge in [-0.1, -0.05) is 13.0 Å². The summed E-state index contributed by atoms with van der Waals surface area (Å²) >= 11 is 1.27. The molecular formula is C14H18N2O2S2. The molecular weight excluding hydrogens is 292 g/mol. The highest BCUT2D eigenvalue weighted by Crippen LogP contribution is 2.29. The second-order valence-electron chi connectivity index (χ2n) is 4.57. The fraction of sp³-hybridized carbons (Fsp3) is 0.286. The Labute approximate surface area is 123 Å². The lowest BCUT2D eigenvalue weighted by Gasteiger charge is -2.19. The van der Waals surface area contributed by atoms with E-state index in [0.29, 0.717) is 15.6 Å². The second-order valence-corrected chi connectivity index (χ2v) is 8.06. The van der Waals surface area contributed by atoms with Crippen LogP contribution in [0, 0.1) is 6.92 Å². The molecule has 2 rings (SSSR count). The Morgan fingerprint density at radius 2 is 1.95 bits per heavy atom. The van der Waals surface area contributed by atoms with Gasteiger partial charge in [-0.3, -0.25) is 4.31 Å². The van der Waals surface area contributed by atoms with Crippen LogP contribution in [-0.4, -0.2) is 15.5 Å². The van der Waals surface area contributed by atoms with E-state index in [4.69, 9.17) is 5.73 Å². The number of nitrogens with zero attached hydrogens (tertiary/aromatic N) is 1. The number of anilines is 2. The molecule has 0 atom stereocenters. The van der Waals surface area contributed by atoms with E-state index in [1.807, 2.05) is 19.9 Å². The molecule has 20 heavy (non-hydrogen) atoms. The first-order chi connectivity index (χ1) is 9.36. The van der Waals surface area contributed by atoms with Gasteiger partial charge in [0.2, 0.25) is 0 Å². The largest absolute Gasteiger partial charge is 0.398 e. The third-order valence-electron chi connectivity index (χ3n) is 3.20. The van der Waals surface area contributed by atoms with Crippen molar-refractivity contribution in [2.45, 2.75) is 24.5 Å². The normalized spacial score (nSPS) is 11.6. The van der Waals surface area contributed by atoms with E-state index < -0.39 is 10.0 Å². The van der Waals surface area contributed by atoms with E-state index in [1.54, 1.807) is 31.3 Å². The molecule has 2 N–H and O–H groups in total. The molecule has 4 nitrogen and oxygen atoms in total. The molecule has 0 aliphatic carbocycles. The van der Waals surface area contributed by atoms with Gasteiger partial charge in [0.1, 0.15) is 4.21 Å². The lowest BCUT2D eigenvalue weighted by atomic mass is 10.1. The van der Waals surface area contributed by atoms with Gasteiger partial charge >= 0.3 is 0 Å². The van der Waals surface area contributed by atoms with Crippen LogP contribution in [0.15, 0.2) is 34.5 Å². The van der Waals surface area contributed by atoms with E-state index in [0.717, 1.165) is 16.9 Å². The molecule has 0 aliphatic heterocycles. The van der Waals surface area contributed by atoms with Crippen molar-refractivity contribution < 1.29 is 8.42 Å². The van der Waals surface area contributed by atoms with Crippen LogP contribution in [0.1, 0.15) is 17.4 Å². The monoisotopic (exact) mass is 310 g/mol. The Morgan fingerprint density at radius 1 is 1.25 bits per heavy atom. The highest BCUT2D eigenvalue weighted by Gasteiger charge is 2.23. The number of nitrogen functional groups attached to an aromatic ring is 1. The zero-order valence-corrected chi connectivity index (χ0v) is 13.4. The molecule has 0 bridgehead atoms. The van der Waals surface area contributed by atoms with Crippen LogP contribution < -0.4 is 10.0 Å². The molecule has 0 amide bonds. The van der Waals surface area contributed by atoms with Crippen LogP contribution in [0.3, 0.4) is 0 Å². The minimum absolute atomic E-state index is 0.343. The summed E-state index contributed by atoms with van der Waals surface area (Å²) in [4.78, 5) is 0.970. The van der Waals surface area contributed by atoms with E-state index in [-0.39, 0.29) is 0 Å². The summed E-state index contributed by atoms with van der Waals surface area (Å²) in [5.41, 5.74) is 8.15. The average Bonchev–Trinajstić information content (AvgIpc) is 2.85. The standard InChI is InChI=1S/C14H18N2O2S2/c1-4-11-6-7-12(9-13(11)15)16(3)20(17,18)14-8-5-10(2)19-14/h5-9H,4,15H2,1-3H3. The van der Waals surface area contributed by atoms with Crippen molar-refractivity contribution in [3.05, 3.63) is 40.8 Å². The number of hydrogen-bond donors (Lipinski definition) is 1. The van der Waals surface area contributed by atoms with Crippen LogP contribution in [0.25, 0.3) is 0 Å². The number of sulfonamides is 1. The number of rotatable bonds is 4. The number of nitrogens with two attached hydrogens (primary N) is 1. The zero-order chi connectivity index (χ0) is 14.9. The maximum atomic E-state index is 12.5. The fourth-order valence-corrected chi connectivity index (χ4v) is 4.57. The zero-order valence-electron chi connectivity index (χ0n) is 11.8. The number of benzene rings is 1. The van der Waals surface area contributed by atoms with Crippen LogP contribution in [0.2, 0.25) is 0 Å². The molecule has 0 aliphatic rings. The molecule has 6 heteroatoms.